The highest BCUT2D eigenvalue weighted by Gasteiger charge is 2.17. The van der Waals surface area contributed by atoms with E-state index in [0.29, 0.717) is 28.4 Å². The molecule has 184 valence electrons. The number of carbonyl (C=O) groups is 1. The first-order valence-corrected chi connectivity index (χ1v) is 12.3. The van der Waals surface area contributed by atoms with Crippen LogP contribution in [-0.4, -0.2) is 17.6 Å². The number of carboxylic acids is 1. The molecule has 1 atom stereocenters. The molecule has 1 aliphatic rings. The Morgan fingerprint density at radius 2 is 1.91 bits per heavy atom. The largest absolute Gasteiger partial charge is 0.489 e. The normalized spacial score (nSPS) is 14.6. The number of hydrogen-bond acceptors (Lipinski definition) is 4. The van der Waals surface area contributed by atoms with Gasteiger partial charge in [-0.05, 0) is 61.1 Å². The maximum Gasteiger partial charge on any atom is 0.307 e. The summed E-state index contributed by atoms with van der Waals surface area (Å²) < 4.78 is 21.4. The van der Waals surface area contributed by atoms with Gasteiger partial charge in [-0.25, -0.2) is 4.39 Å². The summed E-state index contributed by atoms with van der Waals surface area (Å²) in [7, 11) is 0. The van der Waals surface area contributed by atoms with E-state index in [9.17, 15) is 9.90 Å². The van der Waals surface area contributed by atoms with Crippen molar-refractivity contribution in [3.63, 3.8) is 0 Å². The molecule has 35 heavy (non-hydrogen) atoms. The van der Waals surface area contributed by atoms with Crippen LogP contribution in [0, 0.1) is 11.7 Å². The second-order valence-electron chi connectivity index (χ2n) is 9.41. The van der Waals surface area contributed by atoms with Crippen molar-refractivity contribution in [2.45, 2.75) is 51.7 Å². The van der Waals surface area contributed by atoms with Crippen molar-refractivity contribution in [2.24, 2.45) is 11.7 Å². The first-order valence-electron chi connectivity index (χ1n) is 12.3. The molecule has 0 saturated heterocycles. The van der Waals surface area contributed by atoms with Crippen LogP contribution in [0.25, 0.3) is 11.1 Å². The first-order chi connectivity index (χ1) is 16.9. The summed E-state index contributed by atoms with van der Waals surface area (Å²) in [6.45, 7) is 2.89. The van der Waals surface area contributed by atoms with E-state index in [-0.39, 0.29) is 18.8 Å². The fourth-order valence-corrected chi connectivity index (χ4v) is 4.75. The van der Waals surface area contributed by atoms with Crippen LogP contribution in [0.15, 0.2) is 60.7 Å². The number of carboxylic acid groups (broad SMARTS) is 1. The second kappa shape index (κ2) is 11.4. The third kappa shape index (κ3) is 6.40. The van der Waals surface area contributed by atoms with Crippen molar-refractivity contribution in [1.82, 2.24) is 0 Å². The smallest absolute Gasteiger partial charge is 0.307 e. The molecule has 0 spiro atoms. The summed E-state index contributed by atoms with van der Waals surface area (Å²) in [6, 6.07) is 18.0. The van der Waals surface area contributed by atoms with Gasteiger partial charge in [-0.1, -0.05) is 49.2 Å². The van der Waals surface area contributed by atoms with E-state index in [2.05, 4.69) is 5.32 Å². The number of nitrogens with one attached hydrogen (secondary N) is 1. The van der Waals surface area contributed by atoms with E-state index in [0.717, 1.165) is 23.4 Å². The Morgan fingerprint density at radius 3 is 2.66 bits per heavy atom. The van der Waals surface area contributed by atoms with Crippen LogP contribution in [0.4, 0.5) is 10.1 Å². The molecule has 0 aromatic heterocycles. The van der Waals surface area contributed by atoms with E-state index in [1.807, 2.05) is 30.3 Å². The van der Waals surface area contributed by atoms with Crippen molar-refractivity contribution < 1.29 is 19.0 Å². The monoisotopic (exact) mass is 476 g/mol. The van der Waals surface area contributed by atoms with E-state index in [1.54, 1.807) is 37.3 Å². The molecular formula is C29H33FN2O3. The zero-order valence-corrected chi connectivity index (χ0v) is 20.1. The lowest BCUT2D eigenvalue weighted by atomic mass is 9.97. The number of halogens is 1. The molecule has 1 saturated carbocycles. The lowest BCUT2D eigenvalue weighted by molar-refractivity contribution is -0.136. The van der Waals surface area contributed by atoms with E-state index >= 15 is 4.39 Å². The summed E-state index contributed by atoms with van der Waals surface area (Å²) in [6.07, 6.45) is 4.90. The lowest BCUT2D eigenvalue weighted by Crippen LogP contribution is -2.11. The maximum absolute atomic E-state index is 15.3. The number of benzene rings is 3. The molecule has 4 N–H and O–H groups in total. The zero-order chi connectivity index (χ0) is 24.8. The van der Waals surface area contributed by atoms with Gasteiger partial charge in [0.2, 0.25) is 0 Å². The van der Waals surface area contributed by atoms with Gasteiger partial charge in [-0.2, -0.15) is 0 Å². The molecule has 0 aliphatic heterocycles. The van der Waals surface area contributed by atoms with E-state index < -0.39 is 12.0 Å². The highest BCUT2D eigenvalue weighted by molar-refractivity contribution is 5.72. The summed E-state index contributed by atoms with van der Waals surface area (Å²) in [5, 5.41) is 12.8. The number of rotatable bonds is 10. The molecule has 3 aromatic carbocycles. The second-order valence-corrected chi connectivity index (χ2v) is 9.41. The number of nitrogens with two attached hydrogens (primary N) is 1. The van der Waals surface area contributed by atoms with Crippen molar-refractivity contribution in [1.29, 1.82) is 0 Å². The van der Waals surface area contributed by atoms with Gasteiger partial charge >= 0.3 is 5.97 Å². The van der Waals surface area contributed by atoms with Crippen LogP contribution in [0.1, 0.15) is 55.3 Å². The molecule has 4 rings (SSSR count). The summed E-state index contributed by atoms with van der Waals surface area (Å²) in [5.41, 5.74) is 10.1. The highest BCUT2D eigenvalue weighted by atomic mass is 19.1. The maximum atomic E-state index is 15.3. The fraction of sp³-hybridized carbons (Fsp3) is 0.345. The zero-order valence-electron chi connectivity index (χ0n) is 20.1. The Morgan fingerprint density at radius 1 is 1.14 bits per heavy atom. The number of anilines is 1. The minimum absolute atomic E-state index is 0.111. The van der Waals surface area contributed by atoms with Crippen molar-refractivity contribution >= 4 is 11.7 Å². The SMILES string of the molecule is C[C@H](N)c1cccc(-c2cc(COc3ccccc3CC(=O)O)cc(NCC3CCCC3)c2)c1F. The standard InChI is InChI=1S/C29H33FN2O3/c1-19(31)25-10-6-11-26(29(25)30)23-13-21(14-24(15-23)32-17-20-7-2-3-8-20)18-35-27-12-5-4-9-22(27)16-28(33)34/h4-6,9-15,19-20,32H,2-3,7-8,16-18,31H2,1H3,(H,33,34)/t19-/m0/s1. The third-order valence-corrected chi connectivity index (χ3v) is 6.60. The first kappa shape index (κ1) is 24.7. The number of ether oxygens (including phenoxy) is 1. The molecule has 0 radical (unpaired) electrons. The molecule has 1 fully saturated rings. The van der Waals surface area contributed by atoms with Gasteiger partial charge in [-0.15, -0.1) is 0 Å². The third-order valence-electron chi connectivity index (χ3n) is 6.60. The van der Waals surface area contributed by atoms with Gasteiger partial charge in [0, 0.05) is 35.0 Å². The fourth-order valence-electron chi connectivity index (χ4n) is 4.75. The van der Waals surface area contributed by atoms with Crippen molar-refractivity contribution in [3.05, 3.63) is 83.2 Å². The number of aliphatic carboxylic acids is 1. The molecular weight excluding hydrogens is 443 g/mol. The highest BCUT2D eigenvalue weighted by Crippen LogP contribution is 2.32. The minimum Gasteiger partial charge on any atom is -0.489 e. The number of hydrogen-bond donors (Lipinski definition) is 3. The Balaban J connectivity index is 1.63. The van der Waals surface area contributed by atoms with Crippen LogP contribution in [0.5, 0.6) is 5.75 Å². The number of para-hydroxylation sites is 1. The van der Waals surface area contributed by atoms with Crippen molar-refractivity contribution in [3.8, 4) is 16.9 Å². The molecule has 5 nitrogen and oxygen atoms in total. The average molecular weight is 477 g/mol. The average Bonchev–Trinajstić information content (AvgIpc) is 3.35. The van der Waals surface area contributed by atoms with Gasteiger partial charge in [0.1, 0.15) is 18.2 Å². The minimum atomic E-state index is -0.911. The van der Waals surface area contributed by atoms with Gasteiger partial charge in [0.05, 0.1) is 6.42 Å². The Labute approximate surface area is 206 Å². The Kier molecular flexibility index (Phi) is 8.03. The van der Waals surface area contributed by atoms with Gasteiger partial charge in [0.25, 0.3) is 0 Å². The summed E-state index contributed by atoms with van der Waals surface area (Å²) >= 11 is 0. The van der Waals surface area contributed by atoms with Crippen LogP contribution in [0.2, 0.25) is 0 Å². The van der Waals surface area contributed by atoms with E-state index in [1.165, 1.54) is 25.7 Å². The van der Waals surface area contributed by atoms with Crippen LogP contribution < -0.4 is 15.8 Å². The molecule has 6 heteroatoms. The molecule has 3 aromatic rings. The van der Waals surface area contributed by atoms with E-state index in [4.69, 9.17) is 10.5 Å². The van der Waals surface area contributed by atoms with Crippen LogP contribution in [-0.2, 0) is 17.8 Å². The summed E-state index contributed by atoms with van der Waals surface area (Å²) in [5.74, 6) is -0.0367. The molecule has 0 unspecified atom stereocenters. The van der Waals surface area contributed by atoms with Crippen LogP contribution >= 0.6 is 0 Å². The predicted molar refractivity (Wildman–Crippen MR) is 137 cm³/mol. The topological polar surface area (TPSA) is 84.6 Å². The molecule has 0 bridgehead atoms. The van der Waals surface area contributed by atoms with Gasteiger partial charge < -0.3 is 20.9 Å². The van der Waals surface area contributed by atoms with Gasteiger partial charge in [-0.3, -0.25) is 4.79 Å². The Hall–Kier alpha value is -3.38. The molecule has 0 heterocycles. The molecule has 1 aliphatic carbocycles. The quantitative estimate of drug-likeness (QED) is 0.319. The summed E-state index contributed by atoms with van der Waals surface area (Å²) in [4.78, 5) is 11.2. The van der Waals surface area contributed by atoms with Gasteiger partial charge in [0.15, 0.2) is 0 Å². The lowest BCUT2D eigenvalue weighted by Gasteiger charge is -2.17. The van der Waals surface area contributed by atoms with Crippen LogP contribution in [0.3, 0.4) is 0 Å². The predicted octanol–water partition coefficient (Wildman–Crippen LogP) is 6.32. The molecule has 0 amide bonds. The van der Waals surface area contributed by atoms with Crippen molar-refractivity contribution in [2.75, 3.05) is 11.9 Å². The Bertz CT molecular complexity index is 1170.